The molecule has 1 N–H and O–H groups in total. The second kappa shape index (κ2) is 6.91. The van der Waals surface area contributed by atoms with Crippen LogP contribution in [0, 0.1) is 13.8 Å². The molecule has 0 fully saturated rings. The third-order valence-electron chi connectivity index (χ3n) is 3.04. The Labute approximate surface area is 132 Å². The van der Waals surface area contributed by atoms with Crippen molar-refractivity contribution in [2.75, 3.05) is 11.6 Å². The molecule has 1 amide bonds. The maximum Gasteiger partial charge on any atom is 0.266 e. The van der Waals surface area contributed by atoms with Gasteiger partial charge in [-0.2, -0.15) is 0 Å². The molecule has 5 nitrogen and oxygen atoms in total. The number of carbonyl (C=O) groups excluding carboxylic acids is 1. The first-order chi connectivity index (χ1) is 10.0. The molecule has 1 atom stereocenters. The second-order valence-corrected chi connectivity index (χ2v) is 6.56. The number of carbonyl (C=O) groups is 1. The standard InChI is InChI=1S/C14H17N3O2S2/c1-8-6-5-7-11(9(8)2)19-10(3)12(18)15-13-16-17-14(20-4)21-13/h5-7,10H,1-4H3,(H,15,16,18). The molecule has 0 bridgehead atoms. The molecular formula is C14H17N3O2S2. The SMILES string of the molecule is CSc1nnc(NC(=O)C(C)Oc2cccc(C)c2C)s1. The summed E-state index contributed by atoms with van der Waals surface area (Å²) in [6.07, 6.45) is 1.31. The lowest BCUT2D eigenvalue weighted by atomic mass is 10.1. The summed E-state index contributed by atoms with van der Waals surface area (Å²) in [5, 5.41) is 11.0. The average molecular weight is 323 g/mol. The molecule has 1 aromatic heterocycles. The number of hydrogen-bond donors (Lipinski definition) is 1. The predicted octanol–water partition coefficient (Wildman–Crippen LogP) is 3.28. The fraction of sp³-hybridized carbons (Fsp3) is 0.357. The third-order valence-corrected chi connectivity index (χ3v) is 4.85. The largest absolute Gasteiger partial charge is 0.481 e. The highest BCUT2D eigenvalue weighted by Gasteiger charge is 2.18. The van der Waals surface area contributed by atoms with Crippen molar-refractivity contribution in [3.05, 3.63) is 29.3 Å². The van der Waals surface area contributed by atoms with Gasteiger partial charge in [0.1, 0.15) is 5.75 Å². The lowest BCUT2D eigenvalue weighted by Crippen LogP contribution is -2.30. The van der Waals surface area contributed by atoms with E-state index in [1.807, 2.05) is 38.3 Å². The highest BCUT2D eigenvalue weighted by atomic mass is 32.2. The van der Waals surface area contributed by atoms with Gasteiger partial charge in [-0.3, -0.25) is 10.1 Å². The number of benzene rings is 1. The summed E-state index contributed by atoms with van der Waals surface area (Å²) in [5.74, 6) is 0.486. The zero-order chi connectivity index (χ0) is 15.4. The fourth-order valence-corrected chi connectivity index (χ4v) is 2.82. The van der Waals surface area contributed by atoms with Crippen LogP contribution in [0.2, 0.25) is 0 Å². The molecular weight excluding hydrogens is 306 g/mol. The maximum atomic E-state index is 12.1. The number of thioether (sulfide) groups is 1. The average Bonchev–Trinajstić information content (AvgIpc) is 2.91. The summed E-state index contributed by atoms with van der Waals surface area (Å²) < 4.78 is 6.55. The number of aryl methyl sites for hydroxylation is 1. The van der Waals surface area contributed by atoms with Crippen LogP contribution >= 0.6 is 23.1 Å². The molecule has 0 aliphatic heterocycles. The molecule has 0 radical (unpaired) electrons. The van der Waals surface area contributed by atoms with Gasteiger partial charge in [-0.1, -0.05) is 35.2 Å². The molecule has 0 aliphatic rings. The second-order valence-electron chi connectivity index (χ2n) is 4.52. The molecule has 112 valence electrons. The van der Waals surface area contributed by atoms with E-state index in [4.69, 9.17) is 4.74 Å². The van der Waals surface area contributed by atoms with Crippen LogP contribution in [0.3, 0.4) is 0 Å². The summed E-state index contributed by atoms with van der Waals surface area (Å²) in [5.41, 5.74) is 2.17. The van der Waals surface area contributed by atoms with E-state index < -0.39 is 6.10 Å². The zero-order valence-corrected chi connectivity index (χ0v) is 14.0. The smallest absolute Gasteiger partial charge is 0.266 e. The number of ether oxygens (including phenoxy) is 1. The predicted molar refractivity (Wildman–Crippen MR) is 86.3 cm³/mol. The Morgan fingerprint density at radius 1 is 1.38 bits per heavy atom. The van der Waals surface area contributed by atoms with Crippen molar-refractivity contribution in [3.63, 3.8) is 0 Å². The van der Waals surface area contributed by atoms with Crippen molar-refractivity contribution < 1.29 is 9.53 Å². The summed E-state index contributed by atoms with van der Waals surface area (Å²) in [6, 6.07) is 5.79. The van der Waals surface area contributed by atoms with E-state index in [1.165, 1.54) is 23.1 Å². The number of anilines is 1. The van der Waals surface area contributed by atoms with Gasteiger partial charge in [-0.25, -0.2) is 0 Å². The number of nitrogens with zero attached hydrogens (tertiary/aromatic N) is 2. The van der Waals surface area contributed by atoms with Gasteiger partial charge < -0.3 is 4.74 Å². The van der Waals surface area contributed by atoms with Crippen molar-refractivity contribution in [2.24, 2.45) is 0 Å². The van der Waals surface area contributed by atoms with E-state index in [1.54, 1.807) is 6.92 Å². The van der Waals surface area contributed by atoms with Gasteiger partial charge in [0.2, 0.25) is 5.13 Å². The van der Waals surface area contributed by atoms with Crippen LogP contribution in [0.5, 0.6) is 5.75 Å². The lowest BCUT2D eigenvalue weighted by molar-refractivity contribution is -0.122. The van der Waals surface area contributed by atoms with E-state index in [0.29, 0.717) is 5.13 Å². The molecule has 0 spiro atoms. The first-order valence-electron chi connectivity index (χ1n) is 6.42. The number of hydrogen-bond acceptors (Lipinski definition) is 6. The van der Waals surface area contributed by atoms with Gasteiger partial charge in [0.25, 0.3) is 5.91 Å². The number of amides is 1. The molecule has 7 heteroatoms. The van der Waals surface area contributed by atoms with Crippen molar-refractivity contribution in [1.29, 1.82) is 0 Å². The van der Waals surface area contributed by atoms with E-state index in [-0.39, 0.29) is 5.91 Å². The van der Waals surface area contributed by atoms with Crippen molar-refractivity contribution >= 4 is 34.1 Å². The van der Waals surface area contributed by atoms with Crippen LogP contribution in [-0.4, -0.2) is 28.5 Å². The lowest BCUT2D eigenvalue weighted by Gasteiger charge is -2.16. The zero-order valence-electron chi connectivity index (χ0n) is 12.3. The van der Waals surface area contributed by atoms with E-state index in [9.17, 15) is 4.79 Å². The highest BCUT2D eigenvalue weighted by molar-refractivity contribution is 8.00. The van der Waals surface area contributed by atoms with Gasteiger partial charge in [0, 0.05) is 0 Å². The third kappa shape index (κ3) is 3.95. The first-order valence-corrected chi connectivity index (χ1v) is 8.46. The molecule has 1 heterocycles. The van der Waals surface area contributed by atoms with Crippen LogP contribution in [0.4, 0.5) is 5.13 Å². The number of aromatic nitrogens is 2. The topological polar surface area (TPSA) is 64.1 Å². The Kier molecular flexibility index (Phi) is 5.19. The van der Waals surface area contributed by atoms with Crippen LogP contribution < -0.4 is 10.1 Å². The Bertz CT molecular complexity index is 643. The Morgan fingerprint density at radius 2 is 2.14 bits per heavy atom. The van der Waals surface area contributed by atoms with Gasteiger partial charge in [0.15, 0.2) is 10.4 Å². The van der Waals surface area contributed by atoms with Crippen LogP contribution in [0.25, 0.3) is 0 Å². The molecule has 2 rings (SSSR count). The molecule has 0 aliphatic carbocycles. The minimum absolute atomic E-state index is 0.236. The van der Waals surface area contributed by atoms with Crippen molar-refractivity contribution in [3.8, 4) is 5.75 Å². The number of nitrogens with one attached hydrogen (secondary N) is 1. The van der Waals surface area contributed by atoms with E-state index >= 15 is 0 Å². The monoisotopic (exact) mass is 323 g/mol. The Morgan fingerprint density at radius 3 is 2.81 bits per heavy atom. The van der Waals surface area contributed by atoms with Crippen molar-refractivity contribution in [2.45, 2.75) is 31.2 Å². The summed E-state index contributed by atoms with van der Waals surface area (Å²) in [4.78, 5) is 12.1. The minimum atomic E-state index is -0.605. The summed E-state index contributed by atoms with van der Waals surface area (Å²) >= 11 is 2.84. The first kappa shape index (κ1) is 15.8. The molecule has 21 heavy (non-hydrogen) atoms. The van der Waals surface area contributed by atoms with Gasteiger partial charge in [-0.15, -0.1) is 10.2 Å². The summed E-state index contributed by atoms with van der Waals surface area (Å²) in [6.45, 7) is 5.70. The normalized spacial score (nSPS) is 12.0. The molecule has 0 saturated heterocycles. The van der Waals surface area contributed by atoms with Crippen LogP contribution in [0.1, 0.15) is 18.1 Å². The van der Waals surface area contributed by atoms with Crippen molar-refractivity contribution in [1.82, 2.24) is 10.2 Å². The Balaban J connectivity index is 2.00. The van der Waals surface area contributed by atoms with Gasteiger partial charge in [-0.05, 0) is 44.2 Å². The molecule has 2 aromatic rings. The van der Waals surface area contributed by atoms with E-state index in [0.717, 1.165) is 21.2 Å². The Hall–Kier alpha value is -1.60. The highest BCUT2D eigenvalue weighted by Crippen LogP contribution is 2.24. The van der Waals surface area contributed by atoms with Crippen LogP contribution in [-0.2, 0) is 4.79 Å². The van der Waals surface area contributed by atoms with Crippen LogP contribution in [0.15, 0.2) is 22.5 Å². The molecule has 1 unspecified atom stereocenters. The maximum absolute atomic E-state index is 12.1. The van der Waals surface area contributed by atoms with Gasteiger partial charge in [0.05, 0.1) is 0 Å². The molecule has 1 aromatic carbocycles. The number of rotatable bonds is 5. The fourth-order valence-electron chi connectivity index (χ4n) is 1.65. The molecule has 0 saturated carbocycles. The quantitative estimate of drug-likeness (QED) is 0.676. The van der Waals surface area contributed by atoms with Gasteiger partial charge >= 0.3 is 0 Å². The van der Waals surface area contributed by atoms with E-state index in [2.05, 4.69) is 15.5 Å². The minimum Gasteiger partial charge on any atom is -0.481 e. The summed E-state index contributed by atoms with van der Waals surface area (Å²) in [7, 11) is 0.